The number of hydrogen-bond acceptors (Lipinski definition) is 6. The highest BCUT2D eigenvalue weighted by Gasteiger charge is 2.31. The van der Waals surface area contributed by atoms with Crippen LogP contribution in [0.25, 0.3) is 16.7 Å². The van der Waals surface area contributed by atoms with Crippen LogP contribution in [-0.2, 0) is 6.18 Å². The fraction of sp³-hybridized carbons (Fsp3) is 0.318. The van der Waals surface area contributed by atoms with Crippen LogP contribution in [0.5, 0.6) is 0 Å². The molecule has 3 heterocycles. The third-order valence-corrected chi connectivity index (χ3v) is 5.33. The highest BCUT2D eigenvalue weighted by Crippen LogP contribution is 2.33. The number of aryl methyl sites for hydroxylation is 2. The first-order valence-electron chi connectivity index (χ1n) is 9.83. The van der Waals surface area contributed by atoms with Gasteiger partial charge in [-0.15, -0.1) is 0 Å². The Morgan fingerprint density at radius 2 is 2.00 bits per heavy atom. The van der Waals surface area contributed by atoms with Crippen LogP contribution < -0.4 is 16.3 Å². The summed E-state index contributed by atoms with van der Waals surface area (Å²) in [5.41, 5.74) is 1.37. The zero-order valence-corrected chi connectivity index (χ0v) is 17.2. The average molecular weight is 430 g/mol. The molecule has 162 valence electrons. The van der Waals surface area contributed by atoms with Gasteiger partial charge in [0.05, 0.1) is 16.5 Å². The van der Waals surface area contributed by atoms with E-state index in [0.717, 1.165) is 24.3 Å². The van der Waals surface area contributed by atoms with Gasteiger partial charge in [-0.2, -0.15) is 18.2 Å². The van der Waals surface area contributed by atoms with Crippen LogP contribution in [0.2, 0.25) is 0 Å². The lowest BCUT2D eigenvalue weighted by atomic mass is 10.00. The second kappa shape index (κ2) is 7.72. The molecule has 31 heavy (non-hydrogen) atoms. The molecule has 1 atom stereocenters. The molecule has 0 radical (unpaired) electrons. The molecule has 3 aromatic rings. The van der Waals surface area contributed by atoms with Crippen molar-refractivity contribution >= 4 is 22.5 Å². The Kier molecular flexibility index (Phi) is 5.20. The van der Waals surface area contributed by atoms with E-state index < -0.39 is 23.4 Å². The molecule has 1 aliphatic rings. The van der Waals surface area contributed by atoms with Crippen LogP contribution in [0, 0.1) is 13.8 Å². The molecule has 0 saturated carbocycles. The van der Waals surface area contributed by atoms with Gasteiger partial charge in [-0.05, 0) is 56.0 Å². The third kappa shape index (κ3) is 3.99. The quantitative estimate of drug-likeness (QED) is 0.623. The van der Waals surface area contributed by atoms with Crippen LogP contribution in [0.4, 0.5) is 19.0 Å². The van der Waals surface area contributed by atoms with Gasteiger partial charge < -0.3 is 15.1 Å². The Balaban J connectivity index is 1.80. The number of benzene rings is 1. The van der Waals surface area contributed by atoms with E-state index in [1.165, 1.54) is 6.07 Å². The second-order valence-electron chi connectivity index (χ2n) is 7.55. The predicted octanol–water partition coefficient (Wildman–Crippen LogP) is 4.73. The smallest absolute Gasteiger partial charge is 0.403 e. The van der Waals surface area contributed by atoms with Gasteiger partial charge >= 0.3 is 11.8 Å². The fourth-order valence-electron chi connectivity index (χ4n) is 3.80. The van der Waals surface area contributed by atoms with E-state index in [-0.39, 0.29) is 5.71 Å². The normalized spacial score (nSPS) is 15.0. The number of fused-ring (bicyclic) bond motifs is 1. The molecular formula is C22H21F3N4O2. The van der Waals surface area contributed by atoms with Gasteiger partial charge in [-0.3, -0.25) is 0 Å². The second-order valence-corrected chi connectivity index (χ2v) is 7.55. The molecule has 1 aliphatic heterocycles. The molecule has 0 amide bonds. The molecule has 0 fully saturated rings. The summed E-state index contributed by atoms with van der Waals surface area (Å²) in [6, 6.07) is 4.66. The summed E-state index contributed by atoms with van der Waals surface area (Å²) >= 11 is 0. The van der Waals surface area contributed by atoms with Crippen LogP contribution >= 0.6 is 0 Å². The molecule has 9 heteroatoms. The number of anilines is 1. The van der Waals surface area contributed by atoms with Crippen molar-refractivity contribution in [2.24, 2.45) is 0 Å². The summed E-state index contributed by atoms with van der Waals surface area (Å²) in [5, 5.41) is 6.80. The van der Waals surface area contributed by atoms with Crippen LogP contribution in [0.3, 0.4) is 0 Å². The van der Waals surface area contributed by atoms with Crippen molar-refractivity contribution in [3.05, 3.63) is 69.0 Å². The van der Waals surface area contributed by atoms with Gasteiger partial charge in [-0.1, -0.05) is 12.1 Å². The minimum absolute atomic E-state index is 0.143. The lowest BCUT2D eigenvalue weighted by molar-refractivity contribution is -0.137. The Morgan fingerprint density at radius 3 is 2.68 bits per heavy atom. The Bertz CT molecular complexity index is 1250. The van der Waals surface area contributed by atoms with Crippen molar-refractivity contribution < 1.29 is 17.6 Å². The largest absolute Gasteiger partial charge is 0.416 e. The molecule has 0 unspecified atom stereocenters. The first-order chi connectivity index (χ1) is 14.6. The van der Waals surface area contributed by atoms with E-state index >= 15 is 0 Å². The SMILES string of the molecule is Cc1nc(N[C@H](C)c2cccc(C(F)(F)F)c2)c2c(C)c(C3=CNCC3)c(=O)oc2n1. The van der Waals surface area contributed by atoms with Gasteiger partial charge in [0.15, 0.2) is 0 Å². The Labute approximate surface area is 176 Å². The third-order valence-electron chi connectivity index (χ3n) is 5.33. The molecule has 0 aliphatic carbocycles. The first kappa shape index (κ1) is 20.9. The van der Waals surface area contributed by atoms with Crippen molar-refractivity contribution in [1.29, 1.82) is 0 Å². The van der Waals surface area contributed by atoms with E-state index in [1.54, 1.807) is 33.0 Å². The predicted molar refractivity (Wildman–Crippen MR) is 112 cm³/mol. The fourth-order valence-corrected chi connectivity index (χ4v) is 3.80. The summed E-state index contributed by atoms with van der Waals surface area (Å²) in [4.78, 5) is 21.3. The van der Waals surface area contributed by atoms with E-state index in [4.69, 9.17) is 4.42 Å². The Hall–Kier alpha value is -3.36. The van der Waals surface area contributed by atoms with E-state index in [2.05, 4.69) is 20.6 Å². The zero-order chi connectivity index (χ0) is 22.3. The van der Waals surface area contributed by atoms with Gasteiger partial charge in [0.1, 0.15) is 11.6 Å². The standard InChI is InChI=1S/C22H21F3N4O2/c1-11-17(15-7-8-26-10-15)21(30)31-20-18(11)19(28-13(3)29-20)27-12(2)14-5-4-6-16(9-14)22(23,24)25/h4-6,9-10,12,26H,7-8H2,1-3H3,(H,27,28,29)/t12-/m1/s1. The lowest BCUT2D eigenvalue weighted by Crippen LogP contribution is -2.15. The molecular weight excluding hydrogens is 409 g/mol. The molecule has 2 N–H and O–H groups in total. The van der Waals surface area contributed by atoms with E-state index in [9.17, 15) is 18.0 Å². The molecule has 0 spiro atoms. The highest BCUT2D eigenvalue weighted by atomic mass is 19.4. The van der Waals surface area contributed by atoms with Gasteiger partial charge in [0.25, 0.3) is 0 Å². The summed E-state index contributed by atoms with van der Waals surface area (Å²) in [7, 11) is 0. The highest BCUT2D eigenvalue weighted by molar-refractivity contribution is 5.92. The maximum Gasteiger partial charge on any atom is 0.416 e. The van der Waals surface area contributed by atoms with Gasteiger partial charge in [0, 0.05) is 18.8 Å². The number of halogens is 3. The lowest BCUT2D eigenvalue weighted by Gasteiger charge is -2.19. The first-order valence-corrected chi connectivity index (χ1v) is 9.83. The monoisotopic (exact) mass is 430 g/mol. The number of nitrogens with one attached hydrogen (secondary N) is 2. The van der Waals surface area contributed by atoms with Crippen molar-refractivity contribution in [2.45, 2.75) is 39.4 Å². The van der Waals surface area contributed by atoms with Crippen LogP contribution in [0.15, 0.2) is 39.7 Å². The minimum Gasteiger partial charge on any atom is -0.403 e. The summed E-state index contributed by atoms with van der Waals surface area (Å²) in [6.45, 7) is 5.94. The number of nitrogens with zero attached hydrogens (tertiary/aromatic N) is 2. The number of alkyl halides is 3. The van der Waals surface area contributed by atoms with E-state index in [1.807, 2.05) is 0 Å². The van der Waals surface area contributed by atoms with Gasteiger partial charge in [-0.25, -0.2) is 9.78 Å². The zero-order valence-electron chi connectivity index (χ0n) is 17.2. The van der Waals surface area contributed by atoms with Crippen molar-refractivity contribution in [1.82, 2.24) is 15.3 Å². The van der Waals surface area contributed by atoms with Crippen LogP contribution in [-0.4, -0.2) is 16.5 Å². The number of rotatable bonds is 4. The molecule has 0 saturated heterocycles. The van der Waals surface area contributed by atoms with Crippen molar-refractivity contribution in [2.75, 3.05) is 11.9 Å². The maximum absolute atomic E-state index is 13.1. The molecule has 6 nitrogen and oxygen atoms in total. The van der Waals surface area contributed by atoms with Crippen LogP contribution in [0.1, 0.15) is 47.5 Å². The van der Waals surface area contributed by atoms with Crippen molar-refractivity contribution in [3.8, 4) is 0 Å². The maximum atomic E-state index is 13.1. The number of aromatic nitrogens is 2. The molecule has 1 aromatic carbocycles. The molecule has 4 rings (SSSR count). The average Bonchev–Trinajstić information content (AvgIpc) is 3.21. The minimum atomic E-state index is -4.42. The van der Waals surface area contributed by atoms with Crippen molar-refractivity contribution in [3.63, 3.8) is 0 Å². The Morgan fingerprint density at radius 1 is 1.23 bits per heavy atom. The molecule has 2 aromatic heterocycles. The number of hydrogen-bond donors (Lipinski definition) is 2. The molecule has 0 bridgehead atoms. The summed E-state index contributed by atoms with van der Waals surface area (Å²) < 4.78 is 44.8. The summed E-state index contributed by atoms with van der Waals surface area (Å²) in [6.07, 6.45) is -1.95. The van der Waals surface area contributed by atoms with E-state index in [0.29, 0.717) is 40.1 Å². The summed E-state index contributed by atoms with van der Waals surface area (Å²) in [5.74, 6) is 0.782. The van der Waals surface area contributed by atoms with Gasteiger partial charge in [0.2, 0.25) is 5.71 Å². The topological polar surface area (TPSA) is 80.0 Å².